The van der Waals surface area contributed by atoms with Gasteiger partial charge in [-0.25, -0.2) is 4.98 Å². The molecule has 2 aromatic rings. The lowest BCUT2D eigenvalue weighted by Gasteiger charge is -2.08. The molecule has 2 heterocycles. The highest BCUT2D eigenvalue weighted by molar-refractivity contribution is 7.17. The number of pyridine rings is 1. The number of carbonyl (C=O) groups is 1. The van der Waals surface area contributed by atoms with Gasteiger partial charge in [0.2, 0.25) is 15.4 Å². The number of nitrogens with zero attached hydrogens (tertiary/aromatic N) is 3. The standard InChI is InChI=1S/C10H9ClN4O2S/c1-2-17-8-6(4-3-5-12-8)13-7(16)9-14-15-10(11)18-9/h3-5H,2H2,1H3,(H,13,16). The van der Waals surface area contributed by atoms with Crippen molar-refractivity contribution in [2.24, 2.45) is 0 Å². The topological polar surface area (TPSA) is 77.0 Å². The normalized spacial score (nSPS) is 10.1. The van der Waals surface area contributed by atoms with Gasteiger partial charge in [-0.1, -0.05) is 11.3 Å². The zero-order valence-corrected chi connectivity index (χ0v) is 11.0. The van der Waals surface area contributed by atoms with Crippen LogP contribution >= 0.6 is 22.9 Å². The number of aromatic nitrogens is 3. The molecule has 0 aliphatic rings. The van der Waals surface area contributed by atoms with Crippen molar-refractivity contribution in [3.8, 4) is 5.88 Å². The maximum Gasteiger partial charge on any atom is 0.286 e. The van der Waals surface area contributed by atoms with E-state index in [0.29, 0.717) is 18.2 Å². The Kier molecular flexibility index (Phi) is 4.06. The van der Waals surface area contributed by atoms with Crippen molar-refractivity contribution in [3.63, 3.8) is 0 Å². The SMILES string of the molecule is CCOc1ncccc1NC(=O)c1nnc(Cl)s1. The molecule has 2 rings (SSSR count). The third kappa shape index (κ3) is 2.93. The highest BCUT2D eigenvalue weighted by Crippen LogP contribution is 2.22. The predicted molar refractivity (Wildman–Crippen MR) is 68.3 cm³/mol. The van der Waals surface area contributed by atoms with Crippen molar-refractivity contribution in [1.82, 2.24) is 15.2 Å². The van der Waals surface area contributed by atoms with Crippen LogP contribution in [-0.4, -0.2) is 27.7 Å². The molecule has 0 spiro atoms. The fraction of sp³-hybridized carbons (Fsp3) is 0.200. The minimum absolute atomic E-state index is 0.186. The van der Waals surface area contributed by atoms with Gasteiger partial charge in [0, 0.05) is 6.20 Å². The van der Waals surface area contributed by atoms with Crippen molar-refractivity contribution in [2.75, 3.05) is 11.9 Å². The lowest BCUT2D eigenvalue weighted by molar-refractivity contribution is 0.102. The molecule has 0 aromatic carbocycles. The van der Waals surface area contributed by atoms with E-state index in [1.54, 1.807) is 18.3 Å². The zero-order valence-electron chi connectivity index (χ0n) is 9.38. The average Bonchev–Trinajstić information content (AvgIpc) is 2.79. The molecule has 0 atom stereocenters. The molecule has 2 aromatic heterocycles. The van der Waals surface area contributed by atoms with Crippen LogP contribution in [-0.2, 0) is 0 Å². The Bertz CT molecular complexity index is 560. The maximum absolute atomic E-state index is 11.8. The molecule has 1 amide bonds. The Morgan fingerprint density at radius 3 is 3.06 bits per heavy atom. The van der Waals surface area contributed by atoms with Gasteiger partial charge in [0.1, 0.15) is 5.69 Å². The molecular weight excluding hydrogens is 276 g/mol. The minimum Gasteiger partial charge on any atom is -0.476 e. The molecule has 0 aliphatic heterocycles. The Hall–Kier alpha value is -1.73. The van der Waals surface area contributed by atoms with E-state index in [-0.39, 0.29) is 9.47 Å². The number of rotatable bonds is 4. The lowest BCUT2D eigenvalue weighted by atomic mass is 10.4. The first-order chi connectivity index (χ1) is 8.70. The quantitative estimate of drug-likeness (QED) is 0.931. The van der Waals surface area contributed by atoms with E-state index in [9.17, 15) is 4.79 Å². The average molecular weight is 285 g/mol. The van der Waals surface area contributed by atoms with E-state index < -0.39 is 5.91 Å². The van der Waals surface area contributed by atoms with Gasteiger partial charge in [0.15, 0.2) is 0 Å². The Balaban J connectivity index is 2.16. The molecule has 0 bridgehead atoms. The molecule has 18 heavy (non-hydrogen) atoms. The fourth-order valence-electron chi connectivity index (χ4n) is 1.21. The summed E-state index contributed by atoms with van der Waals surface area (Å²) < 4.78 is 5.51. The Morgan fingerprint density at radius 2 is 2.39 bits per heavy atom. The number of halogens is 1. The summed E-state index contributed by atoms with van der Waals surface area (Å²) in [5, 5.41) is 10.0. The van der Waals surface area contributed by atoms with Gasteiger partial charge < -0.3 is 10.1 Å². The van der Waals surface area contributed by atoms with Crippen molar-refractivity contribution in [2.45, 2.75) is 6.92 Å². The molecule has 0 aliphatic carbocycles. The molecule has 0 fully saturated rings. The molecule has 6 nitrogen and oxygen atoms in total. The van der Waals surface area contributed by atoms with Gasteiger partial charge in [-0.2, -0.15) is 0 Å². The van der Waals surface area contributed by atoms with E-state index in [0.717, 1.165) is 11.3 Å². The van der Waals surface area contributed by atoms with Crippen LogP contribution in [0.5, 0.6) is 5.88 Å². The summed E-state index contributed by atoms with van der Waals surface area (Å²) in [6.45, 7) is 2.30. The Morgan fingerprint density at radius 1 is 1.56 bits per heavy atom. The zero-order chi connectivity index (χ0) is 13.0. The van der Waals surface area contributed by atoms with Crippen LogP contribution in [0.4, 0.5) is 5.69 Å². The number of ether oxygens (including phenoxy) is 1. The van der Waals surface area contributed by atoms with Crippen LogP contribution in [0.3, 0.4) is 0 Å². The van der Waals surface area contributed by atoms with Gasteiger partial charge in [-0.3, -0.25) is 4.79 Å². The first-order valence-electron chi connectivity index (χ1n) is 5.09. The van der Waals surface area contributed by atoms with Gasteiger partial charge in [-0.15, -0.1) is 10.2 Å². The summed E-state index contributed by atoms with van der Waals surface area (Å²) in [4.78, 5) is 15.9. The van der Waals surface area contributed by atoms with E-state index in [4.69, 9.17) is 16.3 Å². The van der Waals surface area contributed by atoms with E-state index in [1.807, 2.05) is 6.92 Å². The highest BCUT2D eigenvalue weighted by atomic mass is 35.5. The van der Waals surface area contributed by atoms with Gasteiger partial charge in [0.25, 0.3) is 5.91 Å². The molecular formula is C10H9ClN4O2S. The van der Waals surface area contributed by atoms with Crippen LogP contribution in [0.1, 0.15) is 16.7 Å². The maximum atomic E-state index is 11.8. The molecule has 0 saturated carbocycles. The van der Waals surface area contributed by atoms with Gasteiger partial charge >= 0.3 is 0 Å². The first-order valence-corrected chi connectivity index (χ1v) is 6.28. The molecule has 94 valence electrons. The van der Waals surface area contributed by atoms with E-state index in [2.05, 4.69) is 20.5 Å². The third-order valence-electron chi connectivity index (χ3n) is 1.89. The lowest BCUT2D eigenvalue weighted by Crippen LogP contribution is -2.13. The smallest absolute Gasteiger partial charge is 0.286 e. The first kappa shape index (κ1) is 12.7. The summed E-state index contributed by atoms with van der Waals surface area (Å²) >= 11 is 6.62. The van der Waals surface area contributed by atoms with Crippen LogP contribution < -0.4 is 10.1 Å². The summed E-state index contributed by atoms with van der Waals surface area (Å²) in [6, 6.07) is 3.39. The van der Waals surface area contributed by atoms with Crippen molar-refractivity contribution < 1.29 is 9.53 Å². The fourth-order valence-corrected chi connectivity index (χ4v) is 1.93. The van der Waals surface area contributed by atoms with E-state index in [1.165, 1.54) is 0 Å². The number of amides is 1. The molecule has 0 saturated heterocycles. The largest absolute Gasteiger partial charge is 0.476 e. The number of nitrogens with one attached hydrogen (secondary N) is 1. The van der Waals surface area contributed by atoms with Crippen molar-refractivity contribution >= 4 is 34.5 Å². The van der Waals surface area contributed by atoms with Crippen molar-refractivity contribution in [3.05, 3.63) is 27.8 Å². The highest BCUT2D eigenvalue weighted by Gasteiger charge is 2.14. The van der Waals surface area contributed by atoms with Crippen LogP contribution in [0.25, 0.3) is 0 Å². The molecule has 0 radical (unpaired) electrons. The van der Waals surface area contributed by atoms with Crippen LogP contribution in [0.15, 0.2) is 18.3 Å². The van der Waals surface area contributed by atoms with Gasteiger partial charge in [-0.05, 0) is 30.7 Å². The number of hydrogen-bond acceptors (Lipinski definition) is 6. The molecule has 8 heteroatoms. The third-order valence-corrected chi connectivity index (χ3v) is 2.91. The molecule has 0 unspecified atom stereocenters. The molecule has 1 N–H and O–H groups in total. The van der Waals surface area contributed by atoms with Gasteiger partial charge in [0.05, 0.1) is 6.61 Å². The summed E-state index contributed by atoms with van der Waals surface area (Å²) in [5.74, 6) is -0.0303. The second-order valence-corrected chi connectivity index (χ2v) is 4.66. The monoisotopic (exact) mass is 284 g/mol. The van der Waals surface area contributed by atoms with Crippen LogP contribution in [0.2, 0.25) is 4.47 Å². The number of hydrogen-bond donors (Lipinski definition) is 1. The summed E-state index contributed by atoms with van der Waals surface area (Å²) in [7, 11) is 0. The summed E-state index contributed by atoms with van der Waals surface area (Å²) in [6.07, 6.45) is 1.59. The van der Waals surface area contributed by atoms with Crippen LogP contribution in [0, 0.1) is 0 Å². The number of carbonyl (C=O) groups excluding carboxylic acids is 1. The predicted octanol–water partition coefficient (Wildman–Crippen LogP) is 2.24. The summed E-state index contributed by atoms with van der Waals surface area (Å²) in [5.41, 5.74) is 0.482. The number of anilines is 1. The van der Waals surface area contributed by atoms with Crippen molar-refractivity contribution in [1.29, 1.82) is 0 Å². The Labute approximate surface area is 112 Å². The minimum atomic E-state index is -0.395. The van der Waals surface area contributed by atoms with E-state index >= 15 is 0 Å². The second kappa shape index (κ2) is 5.74. The second-order valence-electron chi connectivity index (χ2n) is 3.10.